The zero-order valence-corrected chi connectivity index (χ0v) is 7.31. The van der Waals surface area contributed by atoms with Crippen LogP contribution in [0.25, 0.3) is 10.9 Å². The van der Waals surface area contributed by atoms with Gasteiger partial charge in [0, 0.05) is 0 Å². The van der Waals surface area contributed by atoms with Gasteiger partial charge >= 0.3 is 0 Å². The van der Waals surface area contributed by atoms with Gasteiger partial charge in [-0.25, -0.2) is 0 Å². The number of nitrogens with two attached hydrogens (primary N) is 1. The predicted molar refractivity (Wildman–Crippen MR) is 50.3 cm³/mol. The van der Waals surface area contributed by atoms with E-state index in [1.807, 2.05) is 19.1 Å². The molecule has 0 aliphatic carbocycles. The lowest BCUT2D eigenvalue weighted by Crippen LogP contribution is -1.85. The highest BCUT2D eigenvalue weighted by atomic mass is 35.5. The Labute approximate surface area is 74.5 Å². The molecule has 1 aromatic carbocycles. The average Bonchev–Trinajstić information content (AvgIpc) is 2.41. The first-order valence-corrected chi connectivity index (χ1v) is 3.96. The molecule has 0 unspecified atom stereocenters. The fourth-order valence-electron chi connectivity index (χ4n) is 1.20. The first-order chi connectivity index (χ1) is 5.70. The lowest BCUT2D eigenvalue weighted by atomic mass is 10.2. The second-order valence-corrected chi connectivity index (χ2v) is 3.11. The number of H-pyrrole nitrogens is 1. The number of nitrogens with one attached hydrogen (secondary N) is 1. The van der Waals surface area contributed by atoms with E-state index in [9.17, 15) is 0 Å². The van der Waals surface area contributed by atoms with Crippen molar-refractivity contribution in [1.29, 1.82) is 0 Å². The van der Waals surface area contributed by atoms with Crippen LogP contribution in [0, 0.1) is 6.92 Å². The van der Waals surface area contributed by atoms with E-state index in [0.29, 0.717) is 10.8 Å². The van der Waals surface area contributed by atoms with Crippen LogP contribution in [-0.4, -0.2) is 10.2 Å². The molecule has 1 heterocycles. The van der Waals surface area contributed by atoms with Crippen LogP contribution >= 0.6 is 11.6 Å². The van der Waals surface area contributed by atoms with Gasteiger partial charge in [0.15, 0.2) is 5.82 Å². The molecule has 2 aromatic rings. The second-order valence-electron chi connectivity index (χ2n) is 2.73. The van der Waals surface area contributed by atoms with E-state index in [0.717, 1.165) is 16.5 Å². The van der Waals surface area contributed by atoms with Gasteiger partial charge in [-0.15, -0.1) is 0 Å². The van der Waals surface area contributed by atoms with Gasteiger partial charge < -0.3 is 5.73 Å². The van der Waals surface area contributed by atoms with Crippen LogP contribution in [0.1, 0.15) is 5.56 Å². The molecule has 1 aromatic heterocycles. The van der Waals surface area contributed by atoms with Crippen molar-refractivity contribution in [3.8, 4) is 0 Å². The quantitative estimate of drug-likeness (QED) is 0.654. The number of aryl methyl sites for hydroxylation is 1. The van der Waals surface area contributed by atoms with E-state index in [1.165, 1.54) is 0 Å². The zero-order valence-electron chi connectivity index (χ0n) is 6.56. The maximum absolute atomic E-state index is 6.03. The van der Waals surface area contributed by atoms with E-state index in [2.05, 4.69) is 10.2 Å². The molecule has 12 heavy (non-hydrogen) atoms. The van der Waals surface area contributed by atoms with Crippen LogP contribution < -0.4 is 5.73 Å². The van der Waals surface area contributed by atoms with E-state index in [4.69, 9.17) is 17.3 Å². The van der Waals surface area contributed by atoms with Gasteiger partial charge in [-0.2, -0.15) is 5.10 Å². The van der Waals surface area contributed by atoms with Crippen LogP contribution in [0.3, 0.4) is 0 Å². The van der Waals surface area contributed by atoms with E-state index in [1.54, 1.807) is 0 Å². The van der Waals surface area contributed by atoms with Gasteiger partial charge in [-0.1, -0.05) is 17.7 Å². The van der Waals surface area contributed by atoms with Crippen molar-refractivity contribution in [2.45, 2.75) is 6.92 Å². The standard InChI is InChI=1S/C8H8ClN3/c1-4-2-3-5-6(7(4)9)8(10)12-11-5/h2-3H,1H3,(H3,10,11,12). The summed E-state index contributed by atoms with van der Waals surface area (Å²) in [6.45, 7) is 1.94. The Morgan fingerprint density at radius 1 is 1.50 bits per heavy atom. The topological polar surface area (TPSA) is 54.7 Å². The van der Waals surface area contributed by atoms with Gasteiger partial charge in [0.25, 0.3) is 0 Å². The van der Waals surface area contributed by atoms with Crippen molar-refractivity contribution in [1.82, 2.24) is 10.2 Å². The number of hydrogen-bond acceptors (Lipinski definition) is 2. The summed E-state index contributed by atoms with van der Waals surface area (Å²) < 4.78 is 0. The summed E-state index contributed by atoms with van der Waals surface area (Å²) in [5, 5.41) is 8.16. The normalized spacial score (nSPS) is 10.8. The summed E-state index contributed by atoms with van der Waals surface area (Å²) in [5.74, 6) is 0.457. The maximum Gasteiger partial charge on any atom is 0.154 e. The molecule has 0 atom stereocenters. The zero-order chi connectivity index (χ0) is 8.72. The molecule has 3 N–H and O–H groups in total. The largest absolute Gasteiger partial charge is 0.382 e. The number of halogens is 1. The predicted octanol–water partition coefficient (Wildman–Crippen LogP) is 2.11. The summed E-state index contributed by atoms with van der Waals surface area (Å²) >= 11 is 6.03. The molecule has 0 aliphatic heterocycles. The summed E-state index contributed by atoms with van der Waals surface area (Å²) in [4.78, 5) is 0. The minimum Gasteiger partial charge on any atom is -0.382 e. The summed E-state index contributed by atoms with van der Waals surface area (Å²) in [5.41, 5.74) is 7.51. The molecular formula is C8H8ClN3. The highest BCUT2D eigenvalue weighted by Crippen LogP contribution is 2.29. The monoisotopic (exact) mass is 181 g/mol. The molecule has 0 radical (unpaired) electrons. The summed E-state index contributed by atoms with van der Waals surface area (Å²) in [6.07, 6.45) is 0. The number of nitrogen functional groups attached to an aromatic ring is 1. The molecule has 0 saturated carbocycles. The SMILES string of the molecule is Cc1ccc2[nH]nc(N)c2c1Cl. The van der Waals surface area contributed by atoms with Crippen LogP contribution in [0.4, 0.5) is 5.82 Å². The Kier molecular flexibility index (Phi) is 1.48. The summed E-state index contributed by atoms with van der Waals surface area (Å²) in [6, 6.07) is 3.85. The number of benzene rings is 1. The first kappa shape index (κ1) is 7.43. The third-order valence-corrected chi connectivity index (χ3v) is 2.38. The number of aromatic amines is 1. The Morgan fingerprint density at radius 3 is 3.00 bits per heavy atom. The molecule has 0 amide bonds. The van der Waals surface area contributed by atoms with Gasteiger partial charge in [0.2, 0.25) is 0 Å². The number of nitrogens with zero attached hydrogens (tertiary/aromatic N) is 1. The number of rotatable bonds is 0. The van der Waals surface area contributed by atoms with Gasteiger partial charge in [-0.05, 0) is 18.6 Å². The summed E-state index contributed by atoms with van der Waals surface area (Å²) in [7, 11) is 0. The van der Waals surface area contributed by atoms with E-state index >= 15 is 0 Å². The van der Waals surface area contributed by atoms with E-state index in [-0.39, 0.29) is 0 Å². The van der Waals surface area contributed by atoms with Gasteiger partial charge in [-0.3, -0.25) is 5.10 Å². The van der Waals surface area contributed by atoms with E-state index < -0.39 is 0 Å². The van der Waals surface area contributed by atoms with Gasteiger partial charge in [0.1, 0.15) is 0 Å². The molecule has 0 spiro atoms. The first-order valence-electron chi connectivity index (χ1n) is 3.59. The average molecular weight is 182 g/mol. The smallest absolute Gasteiger partial charge is 0.154 e. The lowest BCUT2D eigenvalue weighted by Gasteiger charge is -1.97. The van der Waals surface area contributed by atoms with Crippen molar-refractivity contribution >= 4 is 28.3 Å². The van der Waals surface area contributed by atoms with Crippen LogP contribution in [-0.2, 0) is 0 Å². The van der Waals surface area contributed by atoms with Crippen molar-refractivity contribution in [2.75, 3.05) is 5.73 Å². The Hall–Kier alpha value is -1.22. The Morgan fingerprint density at radius 2 is 2.25 bits per heavy atom. The third kappa shape index (κ3) is 0.865. The molecule has 0 fully saturated rings. The highest BCUT2D eigenvalue weighted by Gasteiger charge is 2.07. The molecule has 0 saturated heterocycles. The molecule has 3 nitrogen and oxygen atoms in total. The number of hydrogen-bond donors (Lipinski definition) is 2. The molecule has 0 bridgehead atoms. The van der Waals surface area contributed by atoms with Crippen molar-refractivity contribution < 1.29 is 0 Å². The van der Waals surface area contributed by atoms with Gasteiger partial charge in [0.05, 0.1) is 15.9 Å². The maximum atomic E-state index is 6.03. The molecular weight excluding hydrogens is 174 g/mol. The Balaban J connectivity index is 2.96. The second kappa shape index (κ2) is 2.38. The molecule has 4 heteroatoms. The van der Waals surface area contributed by atoms with Crippen LogP contribution in [0.15, 0.2) is 12.1 Å². The number of aromatic nitrogens is 2. The molecule has 0 aliphatic rings. The minimum atomic E-state index is 0.457. The van der Waals surface area contributed by atoms with Crippen molar-refractivity contribution in [3.05, 3.63) is 22.7 Å². The number of fused-ring (bicyclic) bond motifs is 1. The van der Waals surface area contributed by atoms with Crippen molar-refractivity contribution in [2.24, 2.45) is 0 Å². The number of anilines is 1. The highest BCUT2D eigenvalue weighted by molar-refractivity contribution is 6.37. The lowest BCUT2D eigenvalue weighted by molar-refractivity contribution is 1.13. The fraction of sp³-hybridized carbons (Fsp3) is 0.125. The molecule has 2 rings (SSSR count). The Bertz CT molecular complexity index is 433. The fourth-order valence-corrected chi connectivity index (χ4v) is 1.46. The van der Waals surface area contributed by atoms with Crippen LogP contribution in [0.2, 0.25) is 5.02 Å². The van der Waals surface area contributed by atoms with Crippen LogP contribution in [0.5, 0.6) is 0 Å². The van der Waals surface area contributed by atoms with Crippen molar-refractivity contribution in [3.63, 3.8) is 0 Å². The minimum absolute atomic E-state index is 0.457. The molecule has 62 valence electrons. The third-order valence-electron chi connectivity index (χ3n) is 1.89.